The molecule has 35 heavy (non-hydrogen) atoms. The zero-order chi connectivity index (χ0) is 24.5. The van der Waals surface area contributed by atoms with Crippen molar-refractivity contribution >= 4 is 5.91 Å². The first-order chi connectivity index (χ1) is 16.9. The number of carbonyl (C=O) groups excluding carboxylic acids is 1. The van der Waals surface area contributed by atoms with E-state index in [-0.39, 0.29) is 17.5 Å². The van der Waals surface area contributed by atoms with Crippen LogP contribution in [0.1, 0.15) is 24.3 Å². The molecule has 5 rings (SSSR count). The van der Waals surface area contributed by atoms with Crippen molar-refractivity contribution in [3.05, 3.63) is 102 Å². The van der Waals surface area contributed by atoms with E-state index in [9.17, 15) is 13.6 Å². The first-order valence-corrected chi connectivity index (χ1v) is 11.1. The lowest BCUT2D eigenvalue weighted by atomic mass is 10.1. The van der Waals surface area contributed by atoms with E-state index in [1.54, 1.807) is 54.1 Å². The van der Waals surface area contributed by atoms with Crippen LogP contribution in [0.5, 0.6) is 5.75 Å². The molecule has 0 saturated carbocycles. The summed E-state index contributed by atoms with van der Waals surface area (Å²) in [6.45, 7) is 2.04. The van der Waals surface area contributed by atoms with Crippen LogP contribution in [0.25, 0.3) is 16.9 Å². The summed E-state index contributed by atoms with van der Waals surface area (Å²) < 4.78 is 40.1. The summed E-state index contributed by atoms with van der Waals surface area (Å²) in [5.41, 5.74) is 3.41. The number of benzene rings is 3. The van der Waals surface area contributed by atoms with Gasteiger partial charge in [0.15, 0.2) is 6.23 Å². The fourth-order valence-corrected chi connectivity index (χ4v) is 4.13. The van der Waals surface area contributed by atoms with Gasteiger partial charge < -0.3 is 14.4 Å². The number of hydrogen-bond acceptors (Lipinski definition) is 4. The van der Waals surface area contributed by atoms with Crippen molar-refractivity contribution in [2.75, 3.05) is 7.11 Å². The van der Waals surface area contributed by atoms with E-state index < -0.39 is 12.3 Å². The largest absolute Gasteiger partial charge is 0.497 e. The summed E-state index contributed by atoms with van der Waals surface area (Å²) in [5.74, 6) is -0.147. The minimum Gasteiger partial charge on any atom is -0.497 e. The Labute approximate surface area is 201 Å². The smallest absolute Gasteiger partial charge is 0.254 e. The molecule has 0 aliphatic carbocycles. The molecule has 2 atom stereocenters. The van der Waals surface area contributed by atoms with Gasteiger partial charge in [-0.25, -0.2) is 13.5 Å². The summed E-state index contributed by atoms with van der Waals surface area (Å²) in [5, 5.41) is 4.71. The third kappa shape index (κ3) is 4.52. The van der Waals surface area contributed by atoms with E-state index in [2.05, 4.69) is 0 Å². The molecule has 6 nitrogen and oxygen atoms in total. The number of hydrogen-bond donors (Lipinski definition) is 0. The lowest BCUT2D eigenvalue weighted by molar-refractivity contribution is -0.130. The van der Waals surface area contributed by atoms with Crippen molar-refractivity contribution < 1.29 is 23.0 Å². The van der Waals surface area contributed by atoms with Gasteiger partial charge in [-0.15, -0.1) is 0 Å². The average Bonchev–Trinajstić information content (AvgIpc) is 3.42. The number of aromatic nitrogens is 2. The molecule has 0 N–H and O–H groups in total. The molecule has 1 amide bonds. The number of ether oxygens (including phenoxy) is 2. The minimum absolute atomic E-state index is 0.148. The van der Waals surface area contributed by atoms with Crippen molar-refractivity contribution in [1.82, 2.24) is 14.7 Å². The molecule has 0 spiro atoms. The number of carbonyl (C=O) groups is 1. The molecule has 1 fully saturated rings. The van der Waals surface area contributed by atoms with Crippen molar-refractivity contribution in [3.63, 3.8) is 0 Å². The molecule has 0 radical (unpaired) electrons. The van der Waals surface area contributed by atoms with Crippen LogP contribution in [0, 0.1) is 11.6 Å². The fourth-order valence-electron chi connectivity index (χ4n) is 4.13. The van der Waals surface area contributed by atoms with Gasteiger partial charge in [0.1, 0.15) is 29.2 Å². The number of amides is 1. The van der Waals surface area contributed by atoms with Gasteiger partial charge in [-0.3, -0.25) is 4.79 Å². The maximum absolute atomic E-state index is 13.6. The molecule has 3 aromatic carbocycles. The lowest BCUT2D eigenvalue weighted by Crippen LogP contribution is -2.29. The number of halogens is 2. The Morgan fingerprint density at radius 2 is 1.57 bits per heavy atom. The van der Waals surface area contributed by atoms with E-state index in [1.807, 2.05) is 24.3 Å². The van der Waals surface area contributed by atoms with Crippen molar-refractivity contribution in [3.8, 4) is 22.7 Å². The van der Waals surface area contributed by atoms with Crippen LogP contribution < -0.4 is 4.74 Å². The Hall–Kier alpha value is -4.04. The summed E-state index contributed by atoms with van der Waals surface area (Å²) in [4.78, 5) is 14.7. The van der Waals surface area contributed by atoms with Crippen LogP contribution in [0.4, 0.5) is 8.78 Å². The molecule has 1 saturated heterocycles. The summed E-state index contributed by atoms with van der Waals surface area (Å²) in [6, 6.07) is 19.4. The van der Waals surface area contributed by atoms with Crippen LogP contribution in [-0.4, -0.2) is 33.8 Å². The maximum Gasteiger partial charge on any atom is 0.254 e. The number of rotatable bonds is 6. The average molecular weight is 475 g/mol. The molecule has 1 aromatic heterocycles. The molecule has 2 heterocycles. The van der Waals surface area contributed by atoms with Gasteiger partial charge in [-0.05, 0) is 73.2 Å². The quantitative estimate of drug-likeness (QED) is 0.381. The second-order valence-electron chi connectivity index (χ2n) is 8.31. The first-order valence-electron chi connectivity index (χ1n) is 11.1. The van der Waals surface area contributed by atoms with E-state index in [0.29, 0.717) is 29.1 Å². The molecule has 0 bridgehead atoms. The van der Waals surface area contributed by atoms with E-state index >= 15 is 0 Å². The Morgan fingerprint density at radius 3 is 2.20 bits per heavy atom. The zero-order valence-electron chi connectivity index (χ0n) is 19.2. The SMILES string of the molecule is COc1ccc(CN2C(=O)[C@H](C)O[C@H]2c2cn(-c3ccc(F)cc3)nc2-c2ccc(F)cc2)cc1. The maximum atomic E-state index is 13.6. The Morgan fingerprint density at radius 1 is 0.943 bits per heavy atom. The van der Waals surface area contributed by atoms with Crippen molar-refractivity contribution in [2.45, 2.75) is 25.8 Å². The van der Waals surface area contributed by atoms with E-state index in [4.69, 9.17) is 14.6 Å². The summed E-state index contributed by atoms with van der Waals surface area (Å²) in [6.07, 6.45) is 0.408. The predicted molar refractivity (Wildman–Crippen MR) is 126 cm³/mol. The molecule has 4 aromatic rings. The summed E-state index contributed by atoms with van der Waals surface area (Å²) >= 11 is 0. The monoisotopic (exact) mass is 475 g/mol. The first kappa shape index (κ1) is 22.7. The second-order valence-corrected chi connectivity index (χ2v) is 8.31. The van der Waals surface area contributed by atoms with Crippen LogP contribution in [0.15, 0.2) is 79.0 Å². The van der Waals surface area contributed by atoms with Gasteiger partial charge >= 0.3 is 0 Å². The molecule has 1 aliphatic rings. The van der Waals surface area contributed by atoms with Crippen LogP contribution in [-0.2, 0) is 16.1 Å². The molecule has 0 unspecified atom stereocenters. The topological polar surface area (TPSA) is 56.6 Å². The molecular weight excluding hydrogens is 452 g/mol. The number of methoxy groups -OCH3 is 1. The Balaban J connectivity index is 1.57. The Bertz CT molecular complexity index is 1340. The van der Waals surface area contributed by atoms with Crippen molar-refractivity contribution in [2.24, 2.45) is 0 Å². The summed E-state index contributed by atoms with van der Waals surface area (Å²) in [7, 11) is 1.60. The predicted octanol–water partition coefficient (Wildman–Crippen LogP) is 5.27. The van der Waals surface area contributed by atoms with Crippen LogP contribution in [0.2, 0.25) is 0 Å². The highest BCUT2D eigenvalue weighted by molar-refractivity contribution is 5.83. The molecule has 178 valence electrons. The second kappa shape index (κ2) is 9.31. The van der Waals surface area contributed by atoms with Crippen LogP contribution in [0.3, 0.4) is 0 Å². The standard InChI is InChI=1S/C27H23F2N3O3/c1-17-26(33)31(15-18-3-13-23(34-2)14-4-18)27(35-17)24-16-32(22-11-9-21(29)10-12-22)30-25(24)19-5-7-20(28)8-6-19/h3-14,16-17,27H,15H2,1-2H3/t17-,27-/m0/s1. The van der Waals surface area contributed by atoms with Gasteiger partial charge in [-0.1, -0.05) is 12.1 Å². The third-order valence-electron chi connectivity index (χ3n) is 5.98. The van der Waals surface area contributed by atoms with E-state index in [1.165, 1.54) is 24.3 Å². The Kier molecular flexibility index (Phi) is 6.05. The zero-order valence-corrected chi connectivity index (χ0v) is 19.2. The van der Waals surface area contributed by atoms with Crippen molar-refractivity contribution in [1.29, 1.82) is 0 Å². The molecule has 8 heteroatoms. The third-order valence-corrected chi connectivity index (χ3v) is 5.98. The molecule has 1 aliphatic heterocycles. The lowest BCUT2D eigenvalue weighted by Gasteiger charge is -2.23. The highest BCUT2D eigenvalue weighted by atomic mass is 19.1. The normalized spacial score (nSPS) is 17.7. The van der Waals surface area contributed by atoms with Gasteiger partial charge in [0.25, 0.3) is 5.91 Å². The van der Waals surface area contributed by atoms with E-state index in [0.717, 1.165) is 11.3 Å². The van der Waals surface area contributed by atoms with Crippen LogP contribution >= 0.6 is 0 Å². The van der Waals surface area contributed by atoms with Gasteiger partial charge in [0.05, 0.1) is 12.8 Å². The highest BCUT2D eigenvalue weighted by Gasteiger charge is 2.41. The number of nitrogens with zero attached hydrogens (tertiary/aromatic N) is 3. The fraction of sp³-hybridized carbons (Fsp3) is 0.185. The van der Waals surface area contributed by atoms with Gasteiger partial charge in [0.2, 0.25) is 0 Å². The van der Waals surface area contributed by atoms with Gasteiger partial charge in [0, 0.05) is 23.9 Å². The molecular formula is C27H23F2N3O3. The minimum atomic E-state index is -0.714. The highest BCUT2D eigenvalue weighted by Crippen LogP contribution is 2.38. The van der Waals surface area contributed by atoms with Gasteiger partial charge in [-0.2, -0.15) is 5.10 Å².